The van der Waals surface area contributed by atoms with Crippen LogP contribution in [0.4, 0.5) is 0 Å². The van der Waals surface area contributed by atoms with Crippen LogP contribution in [0.3, 0.4) is 0 Å². The van der Waals surface area contributed by atoms with Gasteiger partial charge in [-0.15, -0.1) is 0 Å². The van der Waals surface area contributed by atoms with Crippen molar-refractivity contribution >= 4 is 5.91 Å². The number of likely N-dealkylation sites (tertiary alicyclic amines) is 1. The number of carbonyl (C=O) groups excluding carboxylic acids is 1. The Balaban J connectivity index is 2.40. The van der Waals surface area contributed by atoms with Crippen LogP contribution in [0.5, 0.6) is 0 Å². The van der Waals surface area contributed by atoms with Crippen molar-refractivity contribution < 1.29 is 4.79 Å². The Kier molecular flexibility index (Phi) is 6.13. The van der Waals surface area contributed by atoms with E-state index in [2.05, 4.69) is 32.6 Å². The molecule has 1 aliphatic rings. The van der Waals surface area contributed by atoms with Gasteiger partial charge in [0.1, 0.15) is 0 Å². The fourth-order valence-corrected chi connectivity index (χ4v) is 3.13. The first-order valence-corrected chi connectivity index (χ1v) is 7.45. The average Bonchev–Trinajstić information content (AvgIpc) is 2.63. The summed E-state index contributed by atoms with van der Waals surface area (Å²) in [4.78, 5) is 14.3. The van der Waals surface area contributed by atoms with E-state index in [0.29, 0.717) is 36.1 Å². The highest BCUT2D eigenvalue weighted by molar-refractivity contribution is 5.76. The van der Waals surface area contributed by atoms with Crippen molar-refractivity contribution in [2.75, 3.05) is 13.1 Å². The van der Waals surface area contributed by atoms with Crippen molar-refractivity contribution in [3.05, 3.63) is 0 Å². The van der Waals surface area contributed by atoms with E-state index in [4.69, 9.17) is 5.73 Å². The maximum Gasteiger partial charge on any atom is 0.222 e. The van der Waals surface area contributed by atoms with Gasteiger partial charge in [-0.05, 0) is 50.5 Å². The van der Waals surface area contributed by atoms with Crippen molar-refractivity contribution in [3.8, 4) is 0 Å². The van der Waals surface area contributed by atoms with Gasteiger partial charge in [0, 0.05) is 19.0 Å². The summed E-state index contributed by atoms with van der Waals surface area (Å²) < 4.78 is 0. The number of carbonyl (C=O) groups is 1. The molecule has 0 aliphatic carbocycles. The minimum absolute atomic E-state index is 0.342. The molecule has 1 heterocycles. The van der Waals surface area contributed by atoms with Crippen molar-refractivity contribution in [3.63, 3.8) is 0 Å². The Labute approximate surface area is 112 Å². The second kappa shape index (κ2) is 7.13. The van der Waals surface area contributed by atoms with Gasteiger partial charge < -0.3 is 10.6 Å². The average molecular weight is 254 g/mol. The SMILES string of the molecule is CC1CC(C)N(C(=O)CCC(CCN)C(C)C)C1. The lowest BCUT2D eigenvalue weighted by Gasteiger charge is -2.24. The molecule has 1 amide bonds. The summed E-state index contributed by atoms with van der Waals surface area (Å²) >= 11 is 0. The predicted octanol–water partition coefficient (Wildman–Crippen LogP) is 2.64. The molecule has 3 heteroatoms. The molecule has 106 valence electrons. The number of rotatable bonds is 6. The topological polar surface area (TPSA) is 46.3 Å². The molecule has 1 saturated heterocycles. The molecule has 0 bridgehead atoms. The number of amides is 1. The number of nitrogens with zero attached hydrogens (tertiary/aromatic N) is 1. The molecule has 0 aromatic heterocycles. The maximum atomic E-state index is 12.2. The second-order valence-corrected chi connectivity index (χ2v) is 6.36. The van der Waals surface area contributed by atoms with Gasteiger partial charge in [0.05, 0.1) is 0 Å². The lowest BCUT2D eigenvalue weighted by atomic mass is 9.88. The molecule has 0 radical (unpaired) electrons. The fraction of sp³-hybridized carbons (Fsp3) is 0.933. The zero-order valence-corrected chi connectivity index (χ0v) is 12.5. The van der Waals surface area contributed by atoms with Gasteiger partial charge in [0.2, 0.25) is 5.91 Å². The first-order valence-electron chi connectivity index (χ1n) is 7.45. The third-order valence-corrected chi connectivity index (χ3v) is 4.31. The molecule has 2 N–H and O–H groups in total. The van der Waals surface area contributed by atoms with Crippen LogP contribution in [0, 0.1) is 17.8 Å². The van der Waals surface area contributed by atoms with Gasteiger partial charge in [-0.2, -0.15) is 0 Å². The lowest BCUT2D eigenvalue weighted by Crippen LogP contribution is -2.34. The first-order chi connectivity index (χ1) is 8.45. The number of hydrogen-bond acceptors (Lipinski definition) is 2. The molecule has 3 nitrogen and oxygen atoms in total. The quantitative estimate of drug-likeness (QED) is 0.792. The van der Waals surface area contributed by atoms with Crippen LogP contribution < -0.4 is 5.73 Å². The van der Waals surface area contributed by atoms with Gasteiger partial charge in [-0.1, -0.05) is 20.8 Å². The highest BCUT2D eigenvalue weighted by atomic mass is 16.2. The fourth-order valence-electron chi connectivity index (χ4n) is 3.13. The summed E-state index contributed by atoms with van der Waals surface area (Å²) in [7, 11) is 0. The van der Waals surface area contributed by atoms with Crippen LogP contribution in [-0.4, -0.2) is 29.9 Å². The smallest absolute Gasteiger partial charge is 0.222 e. The Hall–Kier alpha value is -0.570. The normalized spacial score (nSPS) is 25.8. The van der Waals surface area contributed by atoms with E-state index in [0.717, 1.165) is 32.4 Å². The van der Waals surface area contributed by atoms with E-state index < -0.39 is 0 Å². The molecule has 0 aromatic rings. The number of hydrogen-bond donors (Lipinski definition) is 1. The summed E-state index contributed by atoms with van der Waals surface area (Å²) in [6, 6.07) is 0.430. The van der Waals surface area contributed by atoms with Crippen LogP contribution in [0.1, 0.15) is 53.4 Å². The Morgan fingerprint density at radius 3 is 2.44 bits per heavy atom. The molecule has 0 saturated carbocycles. The minimum Gasteiger partial charge on any atom is -0.340 e. The molecule has 1 aliphatic heterocycles. The molecule has 0 aromatic carbocycles. The summed E-state index contributed by atoms with van der Waals surface area (Å²) in [5, 5.41) is 0. The van der Waals surface area contributed by atoms with Crippen LogP contribution in [0.25, 0.3) is 0 Å². The van der Waals surface area contributed by atoms with Gasteiger partial charge >= 0.3 is 0 Å². The molecular weight excluding hydrogens is 224 g/mol. The van der Waals surface area contributed by atoms with Crippen LogP contribution in [0.2, 0.25) is 0 Å². The van der Waals surface area contributed by atoms with Crippen molar-refractivity contribution in [2.24, 2.45) is 23.5 Å². The monoisotopic (exact) mass is 254 g/mol. The standard InChI is InChI=1S/C15H30N2O/c1-11(2)14(7-8-16)5-6-15(18)17-10-12(3)9-13(17)4/h11-14H,5-10,16H2,1-4H3. The Morgan fingerprint density at radius 1 is 1.33 bits per heavy atom. The predicted molar refractivity (Wildman–Crippen MR) is 76.2 cm³/mol. The molecule has 0 spiro atoms. The summed E-state index contributed by atoms with van der Waals surface area (Å²) in [6.07, 6.45) is 3.88. The van der Waals surface area contributed by atoms with E-state index >= 15 is 0 Å². The van der Waals surface area contributed by atoms with Gasteiger partial charge in [-0.25, -0.2) is 0 Å². The van der Waals surface area contributed by atoms with Gasteiger partial charge in [0.25, 0.3) is 0 Å². The van der Waals surface area contributed by atoms with E-state index in [1.54, 1.807) is 0 Å². The largest absolute Gasteiger partial charge is 0.340 e. The van der Waals surface area contributed by atoms with E-state index in [1.807, 2.05) is 0 Å². The van der Waals surface area contributed by atoms with Gasteiger partial charge in [0.15, 0.2) is 0 Å². The minimum atomic E-state index is 0.342. The van der Waals surface area contributed by atoms with Crippen LogP contribution >= 0.6 is 0 Å². The van der Waals surface area contributed by atoms with E-state index in [9.17, 15) is 4.79 Å². The highest BCUT2D eigenvalue weighted by Gasteiger charge is 2.29. The summed E-state index contributed by atoms with van der Waals surface area (Å²) in [6.45, 7) is 10.5. The second-order valence-electron chi connectivity index (χ2n) is 6.36. The van der Waals surface area contributed by atoms with Crippen LogP contribution in [-0.2, 0) is 4.79 Å². The molecule has 1 fully saturated rings. The van der Waals surface area contributed by atoms with Crippen molar-refractivity contribution in [1.82, 2.24) is 4.90 Å². The third kappa shape index (κ3) is 4.27. The zero-order chi connectivity index (χ0) is 13.7. The summed E-state index contributed by atoms with van der Waals surface area (Å²) in [5.74, 6) is 2.22. The Morgan fingerprint density at radius 2 is 2.00 bits per heavy atom. The van der Waals surface area contributed by atoms with Crippen molar-refractivity contribution in [2.45, 2.75) is 59.4 Å². The molecule has 18 heavy (non-hydrogen) atoms. The zero-order valence-electron chi connectivity index (χ0n) is 12.5. The van der Waals surface area contributed by atoms with E-state index in [1.165, 1.54) is 0 Å². The molecule has 3 atom stereocenters. The molecular formula is C15H30N2O. The lowest BCUT2D eigenvalue weighted by molar-refractivity contribution is -0.132. The van der Waals surface area contributed by atoms with Gasteiger partial charge in [-0.3, -0.25) is 4.79 Å². The molecule has 1 rings (SSSR count). The highest BCUT2D eigenvalue weighted by Crippen LogP contribution is 2.25. The first kappa shape index (κ1) is 15.5. The maximum absolute atomic E-state index is 12.2. The van der Waals surface area contributed by atoms with Crippen molar-refractivity contribution in [1.29, 1.82) is 0 Å². The number of nitrogens with two attached hydrogens (primary N) is 1. The Bertz CT molecular complexity index is 265. The van der Waals surface area contributed by atoms with E-state index in [-0.39, 0.29) is 0 Å². The molecule has 3 unspecified atom stereocenters. The summed E-state index contributed by atoms with van der Waals surface area (Å²) in [5.41, 5.74) is 5.64. The van der Waals surface area contributed by atoms with Crippen LogP contribution in [0.15, 0.2) is 0 Å². The third-order valence-electron chi connectivity index (χ3n) is 4.31.